The number of nitrogens with zero attached hydrogens (tertiary/aromatic N) is 1. The summed E-state index contributed by atoms with van der Waals surface area (Å²) in [6, 6.07) is 44.1. The fourth-order valence-corrected chi connectivity index (χ4v) is 6.98. The Hall–Kier alpha value is -4.59. The van der Waals surface area contributed by atoms with E-state index in [1.165, 1.54) is 76.7 Å². The number of hydrogen-bond acceptors (Lipinski definition) is 0. The van der Waals surface area contributed by atoms with Crippen LogP contribution >= 0.6 is 11.6 Å². The first-order chi connectivity index (χ1) is 18.8. The average molecular weight is 502 g/mol. The standard InChI is InChI=1S/C36H20ClN/c37-30-17-15-26-29-20-23-9-2-1-8-22(23)19-28(29)25-12-6-14-32-35(25)36-33(18-16-27(30)34(26)36)38(32)31-13-5-10-21-7-3-4-11-24(21)31/h1-20H. The van der Waals surface area contributed by atoms with Gasteiger partial charge in [-0.15, -0.1) is 0 Å². The van der Waals surface area contributed by atoms with Crippen molar-refractivity contribution in [2.45, 2.75) is 0 Å². The normalized spacial score (nSPS) is 12.3. The van der Waals surface area contributed by atoms with E-state index in [4.69, 9.17) is 11.6 Å². The second kappa shape index (κ2) is 7.25. The van der Waals surface area contributed by atoms with Crippen molar-refractivity contribution in [2.24, 2.45) is 0 Å². The Labute approximate surface area is 224 Å². The second-order valence-corrected chi connectivity index (χ2v) is 10.7. The molecule has 0 fully saturated rings. The summed E-state index contributed by atoms with van der Waals surface area (Å²) in [5.74, 6) is 0. The number of fused-ring (bicyclic) bond motifs is 5. The SMILES string of the molecule is Clc1ccc2c3c1ccc1c3c3c(cccc3n1-c1cccc3ccccc13)-c1cc3ccccc3cc1-2. The number of benzene rings is 7. The molecule has 9 rings (SSSR count). The lowest BCUT2D eigenvalue weighted by Crippen LogP contribution is -1.96. The molecule has 1 aliphatic carbocycles. The zero-order valence-corrected chi connectivity index (χ0v) is 21.1. The molecule has 7 aromatic carbocycles. The van der Waals surface area contributed by atoms with E-state index in [1.54, 1.807) is 0 Å². The van der Waals surface area contributed by atoms with Crippen molar-refractivity contribution in [1.82, 2.24) is 4.57 Å². The van der Waals surface area contributed by atoms with Crippen LogP contribution in [0.5, 0.6) is 0 Å². The van der Waals surface area contributed by atoms with Gasteiger partial charge in [0.15, 0.2) is 0 Å². The van der Waals surface area contributed by atoms with Crippen LogP contribution in [0.2, 0.25) is 5.02 Å². The van der Waals surface area contributed by atoms with Gasteiger partial charge in [0.2, 0.25) is 0 Å². The maximum absolute atomic E-state index is 6.87. The maximum atomic E-state index is 6.87. The van der Waals surface area contributed by atoms with E-state index in [0.29, 0.717) is 0 Å². The molecule has 0 spiro atoms. The molecular formula is C36H20ClN. The first kappa shape index (κ1) is 20.5. The van der Waals surface area contributed by atoms with Gasteiger partial charge >= 0.3 is 0 Å². The second-order valence-electron chi connectivity index (χ2n) is 10.3. The minimum Gasteiger partial charge on any atom is -0.309 e. The molecule has 2 heteroatoms. The lowest BCUT2D eigenvalue weighted by atomic mass is 9.90. The van der Waals surface area contributed by atoms with Gasteiger partial charge in [0.1, 0.15) is 0 Å². The van der Waals surface area contributed by atoms with E-state index in [2.05, 4.69) is 126 Å². The van der Waals surface area contributed by atoms with Gasteiger partial charge in [-0.1, -0.05) is 96.5 Å². The summed E-state index contributed by atoms with van der Waals surface area (Å²) >= 11 is 6.87. The maximum Gasteiger partial charge on any atom is 0.0548 e. The molecule has 0 amide bonds. The zero-order valence-electron chi connectivity index (χ0n) is 20.4. The van der Waals surface area contributed by atoms with E-state index in [0.717, 1.165) is 10.4 Å². The highest BCUT2D eigenvalue weighted by Crippen LogP contribution is 2.51. The van der Waals surface area contributed by atoms with Crippen LogP contribution in [0, 0.1) is 0 Å². The van der Waals surface area contributed by atoms with E-state index < -0.39 is 0 Å². The van der Waals surface area contributed by atoms with Gasteiger partial charge in [-0.05, 0) is 74.8 Å². The smallest absolute Gasteiger partial charge is 0.0548 e. The minimum absolute atomic E-state index is 0.790. The molecule has 0 N–H and O–H groups in total. The molecule has 38 heavy (non-hydrogen) atoms. The average Bonchev–Trinajstić information content (AvgIpc) is 3.25. The molecule has 0 atom stereocenters. The Morgan fingerprint density at radius 1 is 0.421 bits per heavy atom. The van der Waals surface area contributed by atoms with Gasteiger partial charge < -0.3 is 4.57 Å². The number of aromatic nitrogens is 1. The Morgan fingerprint density at radius 2 is 1.08 bits per heavy atom. The molecular weight excluding hydrogens is 482 g/mol. The van der Waals surface area contributed by atoms with E-state index >= 15 is 0 Å². The first-order valence-corrected chi connectivity index (χ1v) is 13.4. The molecule has 0 radical (unpaired) electrons. The fraction of sp³-hybridized carbons (Fsp3) is 0. The van der Waals surface area contributed by atoms with Crippen molar-refractivity contribution in [2.75, 3.05) is 0 Å². The minimum atomic E-state index is 0.790. The molecule has 176 valence electrons. The molecule has 1 nitrogen and oxygen atoms in total. The molecule has 0 saturated heterocycles. The lowest BCUT2D eigenvalue weighted by molar-refractivity contribution is 1.20. The summed E-state index contributed by atoms with van der Waals surface area (Å²) in [6.45, 7) is 0. The number of rotatable bonds is 1. The Morgan fingerprint density at radius 3 is 1.89 bits per heavy atom. The molecule has 8 aromatic rings. The summed E-state index contributed by atoms with van der Waals surface area (Å²) in [5.41, 5.74) is 8.66. The van der Waals surface area contributed by atoms with Crippen molar-refractivity contribution in [3.63, 3.8) is 0 Å². The van der Waals surface area contributed by atoms with Crippen molar-refractivity contribution >= 4 is 65.7 Å². The monoisotopic (exact) mass is 501 g/mol. The zero-order chi connectivity index (χ0) is 25.0. The molecule has 1 aromatic heterocycles. The summed E-state index contributed by atoms with van der Waals surface area (Å²) in [4.78, 5) is 0. The fourth-order valence-electron chi connectivity index (χ4n) is 6.76. The van der Waals surface area contributed by atoms with Crippen molar-refractivity contribution in [3.8, 4) is 27.9 Å². The largest absolute Gasteiger partial charge is 0.309 e. The molecule has 0 unspecified atom stereocenters. The van der Waals surface area contributed by atoms with Crippen LogP contribution in [0.25, 0.3) is 82.1 Å². The van der Waals surface area contributed by atoms with Gasteiger partial charge in [-0.2, -0.15) is 0 Å². The molecule has 1 aliphatic rings. The predicted molar refractivity (Wildman–Crippen MR) is 163 cm³/mol. The predicted octanol–water partition coefficient (Wildman–Crippen LogP) is 10.5. The number of hydrogen-bond donors (Lipinski definition) is 0. The van der Waals surface area contributed by atoms with E-state index in [-0.39, 0.29) is 0 Å². The third kappa shape index (κ3) is 2.52. The highest BCUT2D eigenvalue weighted by atomic mass is 35.5. The lowest BCUT2D eigenvalue weighted by Gasteiger charge is -2.16. The molecule has 0 saturated carbocycles. The topological polar surface area (TPSA) is 4.93 Å². The van der Waals surface area contributed by atoms with Crippen molar-refractivity contribution < 1.29 is 0 Å². The Balaban J connectivity index is 1.57. The van der Waals surface area contributed by atoms with Gasteiger partial charge in [-0.25, -0.2) is 0 Å². The van der Waals surface area contributed by atoms with Crippen LogP contribution in [0.15, 0.2) is 121 Å². The van der Waals surface area contributed by atoms with Crippen LogP contribution in [0.4, 0.5) is 0 Å². The Bertz CT molecular complexity index is 2300. The molecule has 0 aliphatic heterocycles. The van der Waals surface area contributed by atoms with Crippen molar-refractivity contribution in [3.05, 3.63) is 126 Å². The first-order valence-electron chi connectivity index (χ1n) is 13.0. The van der Waals surface area contributed by atoms with Crippen LogP contribution in [0.3, 0.4) is 0 Å². The van der Waals surface area contributed by atoms with Crippen LogP contribution < -0.4 is 0 Å². The van der Waals surface area contributed by atoms with Crippen LogP contribution in [0.1, 0.15) is 0 Å². The van der Waals surface area contributed by atoms with E-state index in [1.807, 2.05) is 0 Å². The van der Waals surface area contributed by atoms with Gasteiger partial charge in [-0.3, -0.25) is 0 Å². The van der Waals surface area contributed by atoms with Crippen LogP contribution in [-0.2, 0) is 0 Å². The highest BCUT2D eigenvalue weighted by molar-refractivity contribution is 6.40. The van der Waals surface area contributed by atoms with E-state index in [9.17, 15) is 0 Å². The number of halogens is 1. The van der Waals surface area contributed by atoms with Gasteiger partial charge in [0.25, 0.3) is 0 Å². The molecule has 0 bridgehead atoms. The molecule has 1 heterocycles. The van der Waals surface area contributed by atoms with Crippen LogP contribution in [-0.4, -0.2) is 4.57 Å². The summed E-state index contributed by atoms with van der Waals surface area (Å²) in [6.07, 6.45) is 0. The van der Waals surface area contributed by atoms with Crippen molar-refractivity contribution in [1.29, 1.82) is 0 Å². The quantitative estimate of drug-likeness (QED) is 0.211. The summed E-state index contributed by atoms with van der Waals surface area (Å²) in [7, 11) is 0. The third-order valence-corrected chi connectivity index (χ3v) is 8.68. The summed E-state index contributed by atoms with van der Waals surface area (Å²) < 4.78 is 2.45. The van der Waals surface area contributed by atoms with Gasteiger partial charge in [0.05, 0.1) is 16.7 Å². The Kier molecular flexibility index (Phi) is 3.90. The highest BCUT2D eigenvalue weighted by Gasteiger charge is 2.26. The third-order valence-electron chi connectivity index (χ3n) is 8.35. The summed E-state index contributed by atoms with van der Waals surface area (Å²) in [5, 5.41) is 10.7. The van der Waals surface area contributed by atoms with Gasteiger partial charge in [0, 0.05) is 32.0 Å².